The molecule has 0 bridgehead atoms. The molecule has 0 N–H and O–H groups in total. The summed E-state index contributed by atoms with van der Waals surface area (Å²) in [7, 11) is 2.03. The van der Waals surface area contributed by atoms with Crippen molar-refractivity contribution < 1.29 is 14.3 Å². The van der Waals surface area contributed by atoms with Crippen molar-refractivity contribution in [1.82, 2.24) is 4.90 Å². The van der Waals surface area contributed by atoms with Crippen molar-refractivity contribution in [1.29, 1.82) is 0 Å². The average molecular weight is 480 g/mol. The van der Waals surface area contributed by atoms with E-state index in [9.17, 15) is 9.59 Å². The van der Waals surface area contributed by atoms with Crippen LogP contribution in [0, 0.1) is 40.4 Å². The highest BCUT2D eigenvalue weighted by atomic mass is 16.5. The molecule has 0 unspecified atom stereocenters. The highest BCUT2D eigenvalue weighted by Crippen LogP contribution is 2.67. The lowest BCUT2D eigenvalue weighted by Crippen LogP contribution is -2.63. The topological polar surface area (TPSA) is 46.6 Å². The van der Waals surface area contributed by atoms with Crippen molar-refractivity contribution in [2.24, 2.45) is 40.4 Å². The van der Waals surface area contributed by atoms with E-state index in [-0.39, 0.29) is 28.1 Å². The molecule has 1 aromatic rings. The number of hydrogen-bond donors (Lipinski definition) is 0. The van der Waals surface area contributed by atoms with Crippen LogP contribution in [0.25, 0.3) is 0 Å². The van der Waals surface area contributed by atoms with Gasteiger partial charge in [0.25, 0.3) is 0 Å². The van der Waals surface area contributed by atoms with E-state index in [0.717, 1.165) is 32.1 Å². The number of esters is 1. The van der Waals surface area contributed by atoms with Crippen molar-refractivity contribution in [2.75, 3.05) is 7.05 Å². The monoisotopic (exact) mass is 479 g/mol. The minimum absolute atomic E-state index is 0.0114. The van der Waals surface area contributed by atoms with Gasteiger partial charge in [0.15, 0.2) is 0 Å². The second kappa shape index (κ2) is 8.35. The van der Waals surface area contributed by atoms with E-state index in [4.69, 9.17) is 4.74 Å². The molecule has 0 spiro atoms. The first-order valence-corrected chi connectivity index (χ1v) is 13.9. The molecule has 8 atom stereocenters. The van der Waals surface area contributed by atoms with Crippen LogP contribution in [-0.4, -0.2) is 29.9 Å². The van der Waals surface area contributed by atoms with E-state index in [1.807, 2.05) is 19.2 Å². The Bertz CT molecular complexity index is 993. The largest absolute Gasteiger partial charge is 0.426 e. The van der Waals surface area contributed by atoms with Crippen molar-refractivity contribution in [3.8, 4) is 5.75 Å². The smallest absolute Gasteiger partial charge is 0.314 e. The molecule has 192 valence electrons. The fraction of sp³-hybridized carbons (Fsp3) is 0.742. The number of hydrogen-bond acceptors (Lipinski definition) is 3. The van der Waals surface area contributed by atoms with Gasteiger partial charge < -0.3 is 9.64 Å². The van der Waals surface area contributed by atoms with Gasteiger partial charge in [-0.05, 0) is 96.1 Å². The predicted octanol–water partition coefficient (Wildman–Crippen LogP) is 6.62. The van der Waals surface area contributed by atoms with Crippen molar-refractivity contribution in [3.05, 3.63) is 29.8 Å². The lowest BCUT2D eigenvalue weighted by molar-refractivity contribution is -0.170. The Hall–Kier alpha value is -1.84. The number of likely N-dealkylation sites (tertiary alicyclic amines) is 1. The number of rotatable bonds is 2. The van der Waals surface area contributed by atoms with Crippen LogP contribution in [0.4, 0.5) is 0 Å². The highest BCUT2D eigenvalue weighted by molar-refractivity contribution is 5.78. The van der Waals surface area contributed by atoms with Crippen LogP contribution < -0.4 is 4.74 Å². The molecule has 1 heterocycles. The fourth-order valence-corrected chi connectivity index (χ4v) is 9.06. The summed E-state index contributed by atoms with van der Waals surface area (Å²) < 4.78 is 5.99. The summed E-state index contributed by atoms with van der Waals surface area (Å²) in [4.78, 5) is 28.1. The molecule has 35 heavy (non-hydrogen) atoms. The van der Waals surface area contributed by atoms with Crippen LogP contribution in [0.5, 0.6) is 5.75 Å². The number of carbonyl (C=O) groups excluding carboxylic acids is 2. The first-order valence-electron chi connectivity index (χ1n) is 13.9. The molecule has 5 rings (SSSR count). The molecular formula is C31H45NO3. The van der Waals surface area contributed by atoms with Gasteiger partial charge in [-0.3, -0.25) is 9.59 Å². The Morgan fingerprint density at radius 1 is 1.00 bits per heavy atom. The van der Waals surface area contributed by atoms with E-state index in [0.29, 0.717) is 47.8 Å². The fourth-order valence-electron chi connectivity index (χ4n) is 9.06. The molecule has 1 amide bonds. The second-order valence-electron chi connectivity index (χ2n) is 13.9. The summed E-state index contributed by atoms with van der Waals surface area (Å²) in [5.41, 5.74) is 1.54. The number of benzene rings is 1. The van der Waals surface area contributed by atoms with Crippen LogP contribution in [0.15, 0.2) is 24.3 Å². The summed E-state index contributed by atoms with van der Waals surface area (Å²) in [6.07, 6.45) is 7.13. The Kier molecular flexibility index (Phi) is 5.92. The van der Waals surface area contributed by atoms with E-state index < -0.39 is 0 Å². The molecule has 3 aliphatic carbocycles. The van der Waals surface area contributed by atoms with Crippen molar-refractivity contribution >= 4 is 11.9 Å². The number of carbonyl (C=O) groups is 2. The van der Waals surface area contributed by atoms with E-state index in [1.165, 1.54) is 12.0 Å². The van der Waals surface area contributed by atoms with Crippen molar-refractivity contribution in [3.63, 3.8) is 0 Å². The summed E-state index contributed by atoms with van der Waals surface area (Å²) >= 11 is 0. The third kappa shape index (κ3) is 3.85. The van der Waals surface area contributed by atoms with Crippen LogP contribution in [0.2, 0.25) is 0 Å². The summed E-state index contributed by atoms with van der Waals surface area (Å²) in [5, 5.41) is 0. The molecule has 4 aliphatic rings. The van der Waals surface area contributed by atoms with Crippen molar-refractivity contribution in [2.45, 2.75) is 97.9 Å². The summed E-state index contributed by atoms with van der Waals surface area (Å²) in [6, 6.07) is 8.44. The third-order valence-corrected chi connectivity index (χ3v) is 11.2. The third-order valence-electron chi connectivity index (χ3n) is 11.2. The van der Waals surface area contributed by atoms with Crippen LogP contribution in [-0.2, 0) is 15.0 Å². The zero-order chi connectivity index (χ0) is 25.3. The number of ether oxygens (including phenoxy) is 1. The molecule has 0 radical (unpaired) electrons. The summed E-state index contributed by atoms with van der Waals surface area (Å²) in [5.74, 6) is 3.35. The first-order chi connectivity index (χ1) is 16.4. The van der Waals surface area contributed by atoms with E-state index in [2.05, 4.69) is 58.6 Å². The molecular weight excluding hydrogens is 434 g/mol. The van der Waals surface area contributed by atoms with Crippen LogP contribution >= 0.6 is 0 Å². The SMILES string of the molecule is C[C@H]1C[C@H]2N(C)C(=O)CC[C@]2(C)[C@H]2CC[C@]3(C)[C@@H](C(=O)Oc4ccc(C(C)(C)C)cc4)CC[C@H]3[C@H]12. The van der Waals surface area contributed by atoms with Gasteiger partial charge in [0.05, 0.1) is 5.92 Å². The number of nitrogens with zero attached hydrogens (tertiary/aromatic N) is 1. The van der Waals surface area contributed by atoms with Gasteiger partial charge in [0.2, 0.25) is 5.91 Å². The Labute approximate surface area is 212 Å². The maximum Gasteiger partial charge on any atom is 0.314 e. The molecule has 4 fully saturated rings. The molecule has 0 aromatic heterocycles. The Morgan fingerprint density at radius 2 is 1.66 bits per heavy atom. The molecule has 4 heteroatoms. The first kappa shape index (κ1) is 24.8. The minimum Gasteiger partial charge on any atom is -0.426 e. The lowest BCUT2D eigenvalue weighted by Gasteiger charge is -2.63. The van der Waals surface area contributed by atoms with E-state index in [1.54, 1.807) is 0 Å². The minimum atomic E-state index is -0.0347. The standard InChI is InChI=1S/C31H45NO3/c1-19-18-25-31(6,17-15-26(33)32(25)7)23-14-16-30(5)22(27(19)23)12-13-24(30)28(34)35-21-10-8-20(9-11-21)29(2,3)4/h8-11,19,22-25,27H,12-18H2,1-7H3/t19-,22-,23-,24+,25+,27-,30-,31+/m0/s1. The molecule has 1 aromatic carbocycles. The highest BCUT2D eigenvalue weighted by Gasteiger charge is 2.64. The van der Waals surface area contributed by atoms with Gasteiger partial charge >= 0.3 is 5.97 Å². The lowest BCUT2D eigenvalue weighted by atomic mass is 9.44. The molecule has 1 saturated heterocycles. The van der Waals surface area contributed by atoms with Gasteiger partial charge in [-0.1, -0.05) is 53.7 Å². The van der Waals surface area contributed by atoms with Gasteiger partial charge in [-0.25, -0.2) is 0 Å². The molecule has 4 nitrogen and oxygen atoms in total. The predicted molar refractivity (Wildman–Crippen MR) is 139 cm³/mol. The second-order valence-corrected chi connectivity index (χ2v) is 13.9. The maximum absolute atomic E-state index is 13.5. The molecule has 3 saturated carbocycles. The van der Waals surface area contributed by atoms with E-state index >= 15 is 0 Å². The summed E-state index contributed by atoms with van der Waals surface area (Å²) in [6.45, 7) is 13.9. The van der Waals surface area contributed by atoms with Gasteiger partial charge in [0.1, 0.15) is 5.75 Å². The van der Waals surface area contributed by atoms with Crippen LogP contribution in [0.3, 0.4) is 0 Å². The normalized spacial score (nSPS) is 41.1. The quantitative estimate of drug-likeness (QED) is 0.354. The number of piperidine rings is 1. The Morgan fingerprint density at radius 3 is 2.31 bits per heavy atom. The maximum atomic E-state index is 13.5. The van der Waals surface area contributed by atoms with Gasteiger partial charge in [-0.15, -0.1) is 0 Å². The zero-order valence-electron chi connectivity index (χ0n) is 22.9. The molecule has 1 aliphatic heterocycles. The average Bonchev–Trinajstić information content (AvgIpc) is 3.15. The Balaban J connectivity index is 1.35. The zero-order valence-corrected chi connectivity index (χ0v) is 22.9. The number of fused-ring (bicyclic) bond motifs is 5. The van der Waals surface area contributed by atoms with Crippen LogP contribution in [0.1, 0.15) is 92.1 Å². The number of amides is 1. The van der Waals surface area contributed by atoms with Gasteiger partial charge in [-0.2, -0.15) is 0 Å². The van der Waals surface area contributed by atoms with Gasteiger partial charge in [0, 0.05) is 19.5 Å².